The molecule has 0 bridgehead atoms. The van der Waals surface area contributed by atoms with Crippen LogP contribution in [0.15, 0.2) is 35.1 Å². The molecule has 0 atom stereocenters. The Labute approximate surface area is 126 Å². The van der Waals surface area contributed by atoms with Crippen LogP contribution in [-0.4, -0.2) is 38.1 Å². The second-order valence-corrected chi connectivity index (χ2v) is 4.59. The molecule has 0 radical (unpaired) electrons. The lowest BCUT2D eigenvalue weighted by molar-refractivity contribution is -0.119. The van der Waals surface area contributed by atoms with Crippen LogP contribution in [0.2, 0.25) is 0 Å². The summed E-state index contributed by atoms with van der Waals surface area (Å²) in [6.07, 6.45) is 0.290. The molecule has 0 N–H and O–H groups in total. The van der Waals surface area contributed by atoms with Crippen molar-refractivity contribution in [3.63, 3.8) is 0 Å². The Morgan fingerprint density at radius 2 is 1.82 bits per heavy atom. The van der Waals surface area contributed by atoms with Crippen molar-refractivity contribution in [2.75, 3.05) is 11.4 Å². The number of carbonyl (C=O) groups is 2. The fourth-order valence-corrected chi connectivity index (χ4v) is 1.92. The largest absolute Gasteiger partial charge is 0.372 e. The van der Waals surface area contributed by atoms with Crippen LogP contribution in [-0.2, 0) is 11.3 Å². The van der Waals surface area contributed by atoms with E-state index in [4.69, 9.17) is 0 Å². The van der Waals surface area contributed by atoms with Gasteiger partial charge in [-0.1, -0.05) is 25.1 Å². The summed E-state index contributed by atoms with van der Waals surface area (Å²) < 4.78 is 1.56. The highest BCUT2D eigenvalue weighted by molar-refractivity contribution is 5.92. The summed E-state index contributed by atoms with van der Waals surface area (Å²) in [7, 11) is 0. The van der Waals surface area contributed by atoms with Crippen molar-refractivity contribution in [2.24, 2.45) is 0 Å². The number of nitrogens with zero attached hydrogens (tertiary/aromatic N) is 5. The molecule has 116 valence electrons. The fraction of sp³-hybridized carbons (Fsp3) is 0.357. The molecule has 1 amide bonds. The number of para-hydroxylation sites is 1. The Morgan fingerprint density at radius 3 is 2.41 bits per heavy atom. The van der Waals surface area contributed by atoms with Gasteiger partial charge >= 0.3 is 11.7 Å². The van der Waals surface area contributed by atoms with Crippen molar-refractivity contribution >= 4 is 17.5 Å². The number of aromatic nitrogens is 4. The van der Waals surface area contributed by atoms with Gasteiger partial charge in [0.1, 0.15) is 6.54 Å². The van der Waals surface area contributed by atoms with Crippen LogP contribution < -0.4 is 10.6 Å². The third kappa shape index (κ3) is 3.11. The molecule has 2 aromatic rings. The molecular formula is C14H17N5O3. The van der Waals surface area contributed by atoms with E-state index < -0.39 is 11.7 Å². The van der Waals surface area contributed by atoms with Crippen LogP contribution in [0.1, 0.15) is 20.3 Å². The quantitative estimate of drug-likeness (QED) is 0.766. The Morgan fingerprint density at radius 1 is 1.14 bits per heavy atom. The minimum absolute atomic E-state index is 0.156. The van der Waals surface area contributed by atoms with Crippen molar-refractivity contribution in [1.29, 1.82) is 0 Å². The van der Waals surface area contributed by atoms with Crippen LogP contribution in [0.25, 0.3) is 0 Å². The van der Waals surface area contributed by atoms with E-state index in [-0.39, 0.29) is 12.3 Å². The first-order valence-electron chi connectivity index (χ1n) is 6.99. The first kappa shape index (κ1) is 15.6. The molecule has 0 saturated carbocycles. The summed E-state index contributed by atoms with van der Waals surface area (Å²) in [5.74, 6) is -0.156. The van der Waals surface area contributed by atoms with E-state index in [1.807, 2.05) is 6.07 Å². The van der Waals surface area contributed by atoms with E-state index in [1.54, 1.807) is 38.1 Å². The molecule has 1 heterocycles. The van der Waals surface area contributed by atoms with Crippen molar-refractivity contribution in [2.45, 2.75) is 26.8 Å². The van der Waals surface area contributed by atoms with Crippen molar-refractivity contribution in [1.82, 2.24) is 19.8 Å². The third-order valence-corrected chi connectivity index (χ3v) is 3.16. The monoisotopic (exact) mass is 303 g/mol. The second-order valence-electron chi connectivity index (χ2n) is 4.59. The molecule has 0 unspecified atom stereocenters. The van der Waals surface area contributed by atoms with E-state index in [0.29, 0.717) is 23.3 Å². The van der Waals surface area contributed by atoms with E-state index in [0.717, 1.165) is 4.68 Å². The molecule has 2 rings (SSSR count). The number of tetrazole rings is 1. The smallest absolute Gasteiger partial charge is 0.298 e. The molecule has 0 aliphatic rings. The van der Waals surface area contributed by atoms with Crippen LogP contribution >= 0.6 is 0 Å². The van der Waals surface area contributed by atoms with Gasteiger partial charge in [-0.2, -0.15) is 4.68 Å². The summed E-state index contributed by atoms with van der Waals surface area (Å²) in [5.41, 5.74) is -0.0673. The molecule has 0 aliphatic carbocycles. The lowest BCUT2D eigenvalue weighted by Crippen LogP contribution is -2.41. The predicted octanol–water partition coefficient (Wildman–Crippen LogP) is 0.913. The number of ketones is 1. The molecule has 0 spiro atoms. The summed E-state index contributed by atoms with van der Waals surface area (Å²) in [4.78, 5) is 37.4. The van der Waals surface area contributed by atoms with E-state index in [9.17, 15) is 14.4 Å². The van der Waals surface area contributed by atoms with Gasteiger partial charge in [-0.25, -0.2) is 9.59 Å². The zero-order valence-electron chi connectivity index (χ0n) is 12.5. The zero-order chi connectivity index (χ0) is 16.1. The second kappa shape index (κ2) is 6.79. The van der Waals surface area contributed by atoms with Gasteiger partial charge in [0.15, 0.2) is 5.78 Å². The van der Waals surface area contributed by atoms with E-state index in [2.05, 4.69) is 10.4 Å². The minimum atomic E-state index is -0.721. The molecule has 1 aromatic heterocycles. The number of amides is 1. The molecule has 8 nitrogen and oxygen atoms in total. The molecule has 22 heavy (non-hydrogen) atoms. The highest BCUT2D eigenvalue weighted by atomic mass is 16.2. The number of hydrogen-bond donors (Lipinski definition) is 0. The SMILES string of the molecule is CCC(=O)Cn1nnn(C(=O)N(CC)c2ccccc2)c1=O. The number of rotatable bonds is 5. The van der Waals surface area contributed by atoms with Gasteiger partial charge in [-0.15, -0.1) is 4.68 Å². The summed E-state index contributed by atoms with van der Waals surface area (Å²) in [6.45, 7) is 3.67. The van der Waals surface area contributed by atoms with Crippen molar-refractivity contribution < 1.29 is 9.59 Å². The predicted molar refractivity (Wildman–Crippen MR) is 79.8 cm³/mol. The Kier molecular flexibility index (Phi) is 4.82. The topological polar surface area (TPSA) is 90.1 Å². The maximum Gasteiger partial charge on any atom is 0.372 e. The van der Waals surface area contributed by atoms with Gasteiger partial charge < -0.3 is 0 Å². The number of hydrogen-bond acceptors (Lipinski definition) is 5. The van der Waals surface area contributed by atoms with Gasteiger partial charge in [-0.3, -0.25) is 9.69 Å². The van der Waals surface area contributed by atoms with Gasteiger partial charge in [0, 0.05) is 18.7 Å². The van der Waals surface area contributed by atoms with Crippen LogP contribution in [0.3, 0.4) is 0 Å². The number of Topliss-reactive ketones (excluding diaryl/α,β-unsaturated/α-hetero) is 1. The highest BCUT2D eigenvalue weighted by Crippen LogP contribution is 2.13. The maximum atomic E-state index is 12.5. The van der Waals surface area contributed by atoms with Crippen molar-refractivity contribution in [3.8, 4) is 0 Å². The molecular weight excluding hydrogens is 286 g/mol. The molecule has 0 saturated heterocycles. The number of anilines is 1. The maximum absolute atomic E-state index is 12.5. The molecule has 1 aromatic carbocycles. The normalized spacial score (nSPS) is 10.5. The van der Waals surface area contributed by atoms with E-state index in [1.165, 1.54) is 4.90 Å². The van der Waals surface area contributed by atoms with Crippen molar-refractivity contribution in [3.05, 3.63) is 40.8 Å². The summed E-state index contributed by atoms with van der Waals surface area (Å²) >= 11 is 0. The Balaban J connectivity index is 2.29. The zero-order valence-corrected chi connectivity index (χ0v) is 12.5. The van der Waals surface area contributed by atoms with Crippen LogP contribution in [0.5, 0.6) is 0 Å². The van der Waals surface area contributed by atoms with Gasteiger partial charge in [0.25, 0.3) is 0 Å². The fourth-order valence-electron chi connectivity index (χ4n) is 1.92. The molecule has 0 aliphatic heterocycles. The lowest BCUT2D eigenvalue weighted by Gasteiger charge is -2.19. The highest BCUT2D eigenvalue weighted by Gasteiger charge is 2.21. The average Bonchev–Trinajstić information content (AvgIpc) is 2.90. The number of carbonyl (C=O) groups excluding carboxylic acids is 2. The first-order valence-corrected chi connectivity index (χ1v) is 6.99. The third-order valence-electron chi connectivity index (χ3n) is 3.16. The molecule has 8 heteroatoms. The lowest BCUT2D eigenvalue weighted by atomic mass is 10.3. The Bertz CT molecular complexity index is 720. The standard InChI is InChI=1S/C14H17N5O3/c1-3-12(20)10-18-14(22)19(16-15-18)13(21)17(4-2)11-8-6-5-7-9-11/h5-9H,3-4,10H2,1-2H3. The van der Waals surface area contributed by atoms with E-state index >= 15 is 0 Å². The van der Waals surface area contributed by atoms with Crippen LogP contribution in [0.4, 0.5) is 10.5 Å². The average molecular weight is 303 g/mol. The Hall–Kier alpha value is -2.77. The van der Waals surface area contributed by atoms with Crippen LogP contribution in [0, 0.1) is 0 Å². The van der Waals surface area contributed by atoms with Gasteiger partial charge in [-0.05, 0) is 29.5 Å². The van der Waals surface area contributed by atoms with Gasteiger partial charge in [0.05, 0.1) is 0 Å². The first-order chi connectivity index (χ1) is 10.6. The summed E-state index contributed by atoms with van der Waals surface area (Å²) in [5, 5.41) is 7.15. The van der Waals surface area contributed by atoms with Gasteiger partial charge in [0.2, 0.25) is 0 Å². The number of benzene rings is 1. The summed E-state index contributed by atoms with van der Waals surface area (Å²) in [6, 6.07) is 8.35. The molecule has 0 fully saturated rings. The minimum Gasteiger partial charge on any atom is -0.298 e.